The Labute approximate surface area is 281 Å². The van der Waals surface area contributed by atoms with Crippen LogP contribution in [0, 0.1) is 18.6 Å². The molecule has 3 N–H and O–H groups in total. The second kappa shape index (κ2) is 13.1. The summed E-state index contributed by atoms with van der Waals surface area (Å²) in [7, 11) is 0. The second-order valence-electron chi connectivity index (χ2n) is 11.3. The van der Waals surface area contributed by atoms with Gasteiger partial charge < -0.3 is 15.7 Å². The molecule has 2 amide bonds. The number of ketones is 1. The van der Waals surface area contributed by atoms with Crippen LogP contribution in [0.3, 0.4) is 0 Å². The Bertz CT molecular complexity index is 2170. The number of carboxylic acid groups (broad SMARTS) is 1. The van der Waals surface area contributed by atoms with Crippen LogP contribution in [0.15, 0.2) is 60.8 Å². The van der Waals surface area contributed by atoms with Gasteiger partial charge in [0.25, 0.3) is 11.8 Å². The van der Waals surface area contributed by atoms with Gasteiger partial charge in [-0.2, -0.15) is 5.10 Å². The maximum atomic E-state index is 13.8. The molecule has 0 aliphatic heterocycles. The summed E-state index contributed by atoms with van der Waals surface area (Å²) < 4.78 is 28.3. The first-order valence-corrected chi connectivity index (χ1v) is 15.4. The highest BCUT2D eigenvalue weighted by Gasteiger charge is 2.30. The number of benzene rings is 3. The molecular weight excluding hydrogens is 667 g/mol. The topological polar surface area (TPSA) is 143 Å². The lowest BCUT2D eigenvalue weighted by Gasteiger charge is -2.16. The maximum absolute atomic E-state index is 13.8. The average molecular weight is 693 g/mol. The molecule has 3 aromatic carbocycles. The van der Waals surface area contributed by atoms with Crippen molar-refractivity contribution in [2.24, 2.45) is 0 Å². The number of Topliss-reactive ketones (excluding diaryl/α,β-unsaturated/α-hetero) is 1. The number of rotatable bonds is 9. The fraction of sp³-hybridized carbons (Fsp3) is 0.176. The molecule has 0 unspecified atom stereocenters. The highest BCUT2D eigenvalue weighted by atomic mass is 35.5. The van der Waals surface area contributed by atoms with Crippen LogP contribution in [0.1, 0.15) is 82.0 Å². The van der Waals surface area contributed by atoms with Gasteiger partial charge >= 0.3 is 5.97 Å². The average Bonchev–Trinajstić information content (AvgIpc) is 3.67. The van der Waals surface area contributed by atoms with E-state index in [0.29, 0.717) is 29.0 Å². The molecule has 0 fully saturated rings. The van der Waals surface area contributed by atoms with Crippen molar-refractivity contribution in [1.82, 2.24) is 25.2 Å². The highest BCUT2D eigenvalue weighted by molar-refractivity contribution is 6.35. The van der Waals surface area contributed by atoms with Crippen molar-refractivity contribution in [1.29, 1.82) is 0 Å². The number of carbonyl (C=O) groups excluding carboxylic acids is 3. The number of hydrogen-bond acceptors (Lipinski definition) is 6. The van der Waals surface area contributed by atoms with E-state index < -0.39 is 41.2 Å². The van der Waals surface area contributed by atoms with Crippen molar-refractivity contribution in [3.63, 3.8) is 0 Å². The fourth-order valence-electron chi connectivity index (χ4n) is 5.79. The number of amides is 2. The molecule has 5 aromatic rings. The lowest BCUT2D eigenvalue weighted by molar-refractivity contribution is 0.0695. The molecule has 0 radical (unpaired) electrons. The van der Waals surface area contributed by atoms with E-state index in [2.05, 4.69) is 20.7 Å². The summed E-state index contributed by atoms with van der Waals surface area (Å²) in [5.41, 5.74) is 2.81. The highest BCUT2D eigenvalue weighted by Crippen LogP contribution is 2.35. The van der Waals surface area contributed by atoms with E-state index in [4.69, 9.17) is 23.2 Å². The molecule has 48 heavy (non-hydrogen) atoms. The molecule has 0 spiro atoms. The third kappa shape index (κ3) is 6.36. The smallest absolute Gasteiger partial charge is 0.335 e. The van der Waals surface area contributed by atoms with E-state index in [1.165, 1.54) is 30.5 Å². The molecule has 0 saturated heterocycles. The number of nitrogens with zero attached hydrogens (tertiary/aromatic N) is 3. The summed E-state index contributed by atoms with van der Waals surface area (Å²) >= 11 is 12.3. The number of aromatic nitrogens is 3. The predicted molar refractivity (Wildman–Crippen MR) is 172 cm³/mol. The third-order valence-electron chi connectivity index (χ3n) is 8.27. The van der Waals surface area contributed by atoms with E-state index in [1.54, 1.807) is 25.1 Å². The molecule has 1 aliphatic rings. The first-order chi connectivity index (χ1) is 22.9. The van der Waals surface area contributed by atoms with Crippen molar-refractivity contribution in [2.45, 2.75) is 38.8 Å². The summed E-state index contributed by atoms with van der Waals surface area (Å²) in [5, 5.41) is 20.0. The quantitative estimate of drug-likeness (QED) is 0.159. The molecule has 0 saturated carbocycles. The lowest BCUT2D eigenvalue weighted by atomic mass is 9.98. The normalized spacial score (nSPS) is 13.7. The Morgan fingerprint density at radius 2 is 1.77 bits per heavy atom. The third-order valence-corrected chi connectivity index (χ3v) is 8.86. The number of carboxylic acids is 1. The Kier molecular flexibility index (Phi) is 8.95. The van der Waals surface area contributed by atoms with E-state index >= 15 is 0 Å². The van der Waals surface area contributed by atoms with E-state index in [9.17, 15) is 33.1 Å². The monoisotopic (exact) mass is 691 g/mol. The zero-order valence-corrected chi connectivity index (χ0v) is 26.6. The van der Waals surface area contributed by atoms with Gasteiger partial charge in [-0.3, -0.25) is 14.4 Å². The molecular formula is C34H25Cl2F2N5O5. The van der Waals surface area contributed by atoms with Crippen LogP contribution in [0.25, 0.3) is 5.65 Å². The zero-order chi connectivity index (χ0) is 34.3. The van der Waals surface area contributed by atoms with Crippen molar-refractivity contribution in [3.8, 4) is 0 Å². The summed E-state index contributed by atoms with van der Waals surface area (Å²) in [6, 6.07) is 11.8. The van der Waals surface area contributed by atoms with Gasteiger partial charge in [-0.05, 0) is 77.9 Å². The minimum atomic E-state index is -1.08. The minimum absolute atomic E-state index is 0.0216. The van der Waals surface area contributed by atoms with Gasteiger partial charge in [0.2, 0.25) is 0 Å². The number of aromatic carboxylic acids is 1. The SMILES string of the molecule is Cc1c(C(=O)O)ccc2c1CC[C@@H]2NC(=O)c1cc(C(=O)NCc2ccc(F)c(F)c2)nc2c(C(=O)Cc3ccc(Cl)cc3Cl)cnn12. The molecule has 10 nitrogen and oxygen atoms in total. The van der Waals surface area contributed by atoms with Crippen LogP contribution in [-0.2, 0) is 19.4 Å². The standard InChI is InChI=1S/C34H25Cl2F2N5O5/c1-16-20-7-9-27(22(20)6-5-21(16)34(47)48)42-33(46)29-13-28(32(45)39-14-17-2-8-25(37)26(38)10-17)41-31-23(15-40-43(29)31)30(44)11-18-3-4-19(35)12-24(18)36/h2-6,8,10,12-13,15,27H,7,9,11,14H2,1H3,(H,39,45)(H,42,46)(H,47,48)/t27-/m0/s1. The molecule has 2 heterocycles. The summed E-state index contributed by atoms with van der Waals surface area (Å²) in [6.45, 7) is 1.55. The van der Waals surface area contributed by atoms with Gasteiger partial charge in [0.1, 0.15) is 11.4 Å². The summed E-state index contributed by atoms with van der Waals surface area (Å²) in [4.78, 5) is 56.7. The summed E-state index contributed by atoms with van der Waals surface area (Å²) in [6.07, 6.45) is 2.15. The molecule has 0 bridgehead atoms. The van der Waals surface area contributed by atoms with Crippen LogP contribution in [0.2, 0.25) is 10.0 Å². The van der Waals surface area contributed by atoms with Gasteiger partial charge in [-0.1, -0.05) is 41.4 Å². The number of fused-ring (bicyclic) bond motifs is 2. The second-order valence-corrected chi connectivity index (χ2v) is 12.1. The Morgan fingerprint density at radius 1 is 0.979 bits per heavy atom. The van der Waals surface area contributed by atoms with Crippen LogP contribution in [0.5, 0.6) is 0 Å². The van der Waals surface area contributed by atoms with Gasteiger partial charge in [-0.25, -0.2) is 23.1 Å². The number of carbonyl (C=O) groups is 4. The van der Waals surface area contributed by atoms with Crippen molar-refractivity contribution in [3.05, 3.63) is 133 Å². The maximum Gasteiger partial charge on any atom is 0.335 e. The van der Waals surface area contributed by atoms with Gasteiger partial charge in [0.05, 0.1) is 23.4 Å². The van der Waals surface area contributed by atoms with Crippen LogP contribution in [0.4, 0.5) is 8.78 Å². The number of hydrogen-bond donors (Lipinski definition) is 3. The minimum Gasteiger partial charge on any atom is -0.478 e. The molecule has 14 heteroatoms. The lowest BCUT2D eigenvalue weighted by Crippen LogP contribution is -2.31. The first-order valence-electron chi connectivity index (χ1n) is 14.7. The van der Waals surface area contributed by atoms with Gasteiger partial charge in [0, 0.05) is 29.1 Å². The van der Waals surface area contributed by atoms with E-state index in [-0.39, 0.29) is 51.7 Å². The first kappa shape index (κ1) is 32.7. The van der Waals surface area contributed by atoms with Crippen LogP contribution in [-0.4, -0.2) is 43.3 Å². The van der Waals surface area contributed by atoms with Gasteiger partial charge in [-0.15, -0.1) is 0 Å². The number of nitrogens with one attached hydrogen (secondary N) is 2. The zero-order valence-electron chi connectivity index (χ0n) is 25.1. The molecule has 244 valence electrons. The van der Waals surface area contributed by atoms with Crippen LogP contribution < -0.4 is 10.6 Å². The Morgan fingerprint density at radius 3 is 2.50 bits per heavy atom. The predicted octanol–water partition coefficient (Wildman–Crippen LogP) is 6.09. The largest absolute Gasteiger partial charge is 0.478 e. The van der Waals surface area contributed by atoms with Crippen molar-refractivity contribution < 1.29 is 33.1 Å². The van der Waals surface area contributed by atoms with Crippen molar-refractivity contribution >= 4 is 52.4 Å². The Hall–Kier alpha value is -5.20. The van der Waals surface area contributed by atoms with Crippen LogP contribution >= 0.6 is 23.2 Å². The van der Waals surface area contributed by atoms with Gasteiger partial charge in [0.15, 0.2) is 23.1 Å². The van der Waals surface area contributed by atoms with Crippen molar-refractivity contribution in [2.75, 3.05) is 0 Å². The van der Waals surface area contributed by atoms with E-state index in [1.807, 2.05) is 0 Å². The molecule has 1 atom stereocenters. The molecule has 2 aromatic heterocycles. The van der Waals surface area contributed by atoms with E-state index in [0.717, 1.165) is 27.8 Å². The molecule has 6 rings (SSSR count). The number of halogens is 4. The summed E-state index contributed by atoms with van der Waals surface area (Å²) in [5.74, 6) is -4.97. The molecule has 1 aliphatic carbocycles. The Balaban J connectivity index is 1.34. The fourth-order valence-corrected chi connectivity index (χ4v) is 6.26.